The monoisotopic (exact) mass is 235 g/mol. The number of ether oxygens (including phenoxy) is 1. The topological polar surface area (TPSA) is 52.4 Å². The predicted octanol–water partition coefficient (Wildman–Crippen LogP) is 3.00. The van der Waals surface area contributed by atoms with Crippen LogP contribution in [-0.2, 0) is 5.88 Å². The molecule has 0 atom stereocenters. The van der Waals surface area contributed by atoms with Crippen molar-refractivity contribution in [1.29, 1.82) is 0 Å². The molecule has 76 valence electrons. The van der Waals surface area contributed by atoms with E-state index in [4.69, 9.17) is 27.9 Å². The highest BCUT2D eigenvalue weighted by Gasteiger charge is 2.18. The zero-order valence-electron chi connectivity index (χ0n) is 7.29. The summed E-state index contributed by atoms with van der Waals surface area (Å²) in [5.74, 6) is 0.343. The second-order valence-corrected chi connectivity index (χ2v) is 3.20. The van der Waals surface area contributed by atoms with Crippen LogP contribution in [0.15, 0.2) is 12.1 Å². The fourth-order valence-corrected chi connectivity index (χ4v) is 1.55. The summed E-state index contributed by atoms with van der Waals surface area (Å²) < 4.78 is 4.93. The average molecular weight is 236 g/mol. The summed E-state index contributed by atoms with van der Waals surface area (Å²) in [6.45, 7) is 0. The highest BCUT2D eigenvalue weighted by atomic mass is 35.5. The van der Waals surface area contributed by atoms with E-state index >= 15 is 0 Å². The Labute approximate surface area is 90.5 Å². The van der Waals surface area contributed by atoms with Crippen LogP contribution in [0.3, 0.4) is 0 Å². The van der Waals surface area contributed by atoms with Crippen molar-refractivity contribution < 1.29 is 9.66 Å². The van der Waals surface area contributed by atoms with Crippen molar-refractivity contribution in [2.75, 3.05) is 7.11 Å². The third kappa shape index (κ3) is 2.08. The van der Waals surface area contributed by atoms with Gasteiger partial charge in [0.2, 0.25) is 0 Å². The maximum absolute atomic E-state index is 10.6. The highest BCUT2D eigenvalue weighted by Crippen LogP contribution is 2.33. The van der Waals surface area contributed by atoms with Gasteiger partial charge in [-0.05, 0) is 6.07 Å². The zero-order chi connectivity index (χ0) is 10.7. The van der Waals surface area contributed by atoms with E-state index in [2.05, 4.69) is 0 Å². The molecule has 0 radical (unpaired) electrons. The standard InChI is InChI=1S/C8H7Cl2NO3/c1-14-8-3-5(10)2-7(11(12)13)6(8)4-9/h2-3H,4H2,1H3. The first-order chi connectivity index (χ1) is 6.60. The number of halogens is 2. The second kappa shape index (κ2) is 4.48. The number of nitro benzene ring substituents is 1. The van der Waals surface area contributed by atoms with E-state index in [1.54, 1.807) is 0 Å². The van der Waals surface area contributed by atoms with Crippen molar-refractivity contribution in [1.82, 2.24) is 0 Å². The molecule has 0 aliphatic rings. The van der Waals surface area contributed by atoms with Crippen LogP contribution in [0, 0.1) is 10.1 Å². The lowest BCUT2D eigenvalue weighted by atomic mass is 10.2. The van der Waals surface area contributed by atoms with Gasteiger partial charge in [-0.25, -0.2) is 0 Å². The molecule has 1 aromatic rings. The number of alkyl halides is 1. The fraction of sp³-hybridized carbons (Fsp3) is 0.250. The molecular weight excluding hydrogens is 229 g/mol. The van der Waals surface area contributed by atoms with Crippen molar-refractivity contribution in [3.05, 3.63) is 32.8 Å². The van der Waals surface area contributed by atoms with Gasteiger partial charge < -0.3 is 4.74 Å². The van der Waals surface area contributed by atoms with Crippen LogP contribution in [0.4, 0.5) is 5.69 Å². The van der Waals surface area contributed by atoms with Gasteiger partial charge in [-0.3, -0.25) is 10.1 Å². The quantitative estimate of drug-likeness (QED) is 0.460. The number of hydrogen-bond acceptors (Lipinski definition) is 3. The Hall–Kier alpha value is -1.00. The molecule has 0 N–H and O–H groups in total. The Morgan fingerprint density at radius 2 is 2.21 bits per heavy atom. The fourth-order valence-electron chi connectivity index (χ4n) is 1.08. The van der Waals surface area contributed by atoms with Gasteiger partial charge in [0.25, 0.3) is 5.69 Å². The van der Waals surface area contributed by atoms with Crippen LogP contribution in [0.5, 0.6) is 5.75 Å². The first-order valence-corrected chi connectivity index (χ1v) is 4.58. The predicted molar refractivity (Wildman–Crippen MR) is 54.2 cm³/mol. The van der Waals surface area contributed by atoms with Gasteiger partial charge in [0.1, 0.15) is 5.75 Å². The maximum atomic E-state index is 10.6. The van der Waals surface area contributed by atoms with Gasteiger partial charge in [-0.1, -0.05) is 11.6 Å². The number of benzene rings is 1. The molecule has 0 aliphatic carbocycles. The number of nitrogens with zero attached hydrogens (tertiary/aromatic N) is 1. The maximum Gasteiger partial charge on any atom is 0.279 e. The molecule has 0 heterocycles. The zero-order valence-corrected chi connectivity index (χ0v) is 8.80. The van der Waals surface area contributed by atoms with E-state index in [0.29, 0.717) is 11.3 Å². The number of rotatable bonds is 3. The van der Waals surface area contributed by atoms with Crippen LogP contribution in [0.25, 0.3) is 0 Å². The lowest BCUT2D eigenvalue weighted by molar-refractivity contribution is -0.385. The van der Waals surface area contributed by atoms with Crippen molar-refractivity contribution in [3.63, 3.8) is 0 Å². The van der Waals surface area contributed by atoms with Gasteiger partial charge in [0.15, 0.2) is 0 Å². The van der Waals surface area contributed by atoms with Crippen LogP contribution in [-0.4, -0.2) is 12.0 Å². The van der Waals surface area contributed by atoms with Crippen LogP contribution in [0.1, 0.15) is 5.56 Å². The summed E-state index contributed by atoms with van der Waals surface area (Å²) in [5, 5.41) is 10.9. The van der Waals surface area contributed by atoms with E-state index in [-0.39, 0.29) is 16.6 Å². The summed E-state index contributed by atoms with van der Waals surface area (Å²) in [7, 11) is 1.41. The third-order valence-corrected chi connectivity index (χ3v) is 2.19. The van der Waals surface area contributed by atoms with E-state index < -0.39 is 4.92 Å². The molecule has 0 spiro atoms. The largest absolute Gasteiger partial charge is 0.496 e. The third-order valence-electron chi connectivity index (χ3n) is 1.70. The lowest BCUT2D eigenvalue weighted by Crippen LogP contribution is -1.97. The molecule has 0 saturated heterocycles. The van der Waals surface area contributed by atoms with Crippen LogP contribution in [0.2, 0.25) is 5.02 Å². The summed E-state index contributed by atoms with van der Waals surface area (Å²) in [5.41, 5.74) is 0.216. The van der Waals surface area contributed by atoms with E-state index in [9.17, 15) is 10.1 Å². The summed E-state index contributed by atoms with van der Waals surface area (Å²) in [4.78, 5) is 10.1. The molecule has 0 unspecified atom stereocenters. The molecule has 1 rings (SSSR count). The Kier molecular flexibility index (Phi) is 3.55. The number of hydrogen-bond donors (Lipinski definition) is 0. The smallest absolute Gasteiger partial charge is 0.279 e. The van der Waals surface area contributed by atoms with Crippen molar-refractivity contribution >= 4 is 28.9 Å². The number of methoxy groups -OCH3 is 1. The minimum atomic E-state index is -0.536. The summed E-state index contributed by atoms with van der Waals surface area (Å²) in [6, 6.07) is 2.74. The Morgan fingerprint density at radius 3 is 2.64 bits per heavy atom. The molecule has 0 saturated carbocycles. The molecule has 0 aliphatic heterocycles. The highest BCUT2D eigenvalue weighted by molar-refractivity contribution is 6.31. The first kappa shape index (κ1) is 11.1. The Bertz CT molecular complexity index is 368. The first-order valence-electron chi connectivity index (χ1n) is 3.67. The van der Waals surface area contributed by atoms with E-state index in [0.717, 1.165) is 0 Å². The lowest BCUT2D eigenvalue weighted by Gasteiger charge is -2.06. The van der Waals surface area contributed by atoms with Crippen molar-refractivity contribution in [2.45, 2.75) is 5.88 Å². The molecule has 14 heavy (non-hydrogen) atoms. The molecule has 0 aromatic heterocycles. The van der Waals surface area contributed by atoms with Gasteiger partial charge in [0.05, 0.1) is 28.5 Å². The van der Waals surface area contributed by atoms with Gasteiger partial charge in [-0.2, -0.15) is 0 Å². The molecule has 4 nitrogen and oxygen atoms in total. The SMILES string of the molecule is COc1cc(Cl)cc([N+](=O)[O-])c1CCl. The molecular formula is C8H7Cl2NO3. The minimum Gasteiger partial charge on any atom is -0.496 e. The number of nitro groups is 1. The summed E-state index contributed by atoms with van der Waals surface area (Å²) >= 11 is 11.3. The Balaban J connectivity index is 3.39. The molecule has 1 aromatic carbocycles. The Morgan fingerprint density at radius 1 is 1.57 bits per heavy atom. The summed E-state index contributed by atoms with van der Waals surface area (Å²) in [6.07, 6.45) is 0. The molecule has 0 bridgehead atoms. The van der Waals surface area contributed by atoms with Gasteiger partial charge in [0, 0.05) is 6.07 Å². The second-order valence-electron chi connectivity index (χ2n) is 2.50. The van der Waals surface area contributed by atoms with Crippen molar-refractivity contribution in [3.8, 4) is 5.75 Å². The van der Waals surface area contributed by atoms with Gasteiger partial charge >= 0.3 is 0 Å². The molecule has 0 fully saturated rings. The van der Waals surface area contributed by atoms with E-state index in [1.807, 2.05) is 0 Å². The normalized spacial score (nSPS) is 9.93. The average Bonchev–Trinajstić information content (AvgIpc) is 2.16. The molecule has 6 heteroatoms. The van der Waals surface area contributed by atoms with Crippen molar-refractivity contribution in [2.24, 2.45) is 0 Å². The van der Waals surface area contributed by atoms with Crippen LogP contribution >= 0.6 is 23.2 Å². The molecule has 0 amide bonds. The van der Waals surface area contributed by atoms with Gasteiger partial charge in [-0.15, -0.1) is 11.6 Å². The minimum absolute atomic E-state index is 0.0106. The van der Waals surface area contributed by atoms with E-state index in [1.165, 1.54) is 19.2 Å². The van der Waals surface area contributed by atoms with Crippen LogP contribution < -0.4 is 4.74 Å².